The van der Waals surface area contributed by atoms with Crippen molar-refractivity contribution >= 4 is 11.6 Å². The molecule has 0 aliphatic heterocycles. The van der Waals surface area contributed by atoms with Crippen molar-refractivity contribution in [3.8, 4) is 16.9 Å². The van der Waals surface area contributed by atoms with Crippen molar-refractivity contribution in [1.29, 1.82) is 0 Å². The molecule has 0 saturated heterocycles. The van der Waals surface area contributed by atoms with Gasteiger partial charge in [-0.25, -0.2) is 0 Å². The van der Waals surface area contributed by atoms with Crippen LogP contribution >= 0.6 is 0 Å². The van der Waals surface area contributed by atoms with Crippen molar-refractivity contribution in [1.82, 2.24) is 0 Å². The Morgan fingerprint density at radius 1 is 1.11 bits per heavy atom. The molecule has 0 radical (unpaired) electrons. The predicted molar refractivity (Wildman–Crippen MR) is 77.4 cm³/mol. The molecule has 0 aliphatic rings. The Morgan fingerprint density at radius 3 is 2.47 bits per heavy atom. The van der Waals surface area contributed by atoms with E-state index in [9.17, 15) is 4.79 Å². The second-order valence-electron chi connectivity index (χ2n) is 4.21. The summed E-state index contributed by atoms with van der Waals surface area (Å²) in [7, 11) is 1.65. The lowest BCUT2D eigenvalue weighted by Crippen LogP contribution is -2.09. The van der Waals surface area contributed by atoms with E-state index >= 15 is 0 Å². The van der Waals surface area contributed by atoms with Crippen molar-refractivity contribution in [3.05, 3.63) is 48.5 Å². The third-order valence-corrected chi connectivity index (χ3v) is 2.87. The number of benzene rings is 2. The number of ether oxygens (including phenoxy) is 1. The summed E-state index contributed by atoms with van der Waals surface area (Å²) in [5, 5.41) is 2.86. The van der Waals surface area contributed by atoms with Crippen LogP contribution in [0.2, 0.25) is 0 Å². The lowest BCUT2D eigenvalue weighted by atomic mass is 10.0. The van der Waals surface area contributed by atoms with Gasteiger partial charge in [-0.1, -0.05) is 31.2 Å². The maximum absolute atomic E-state index is 11.4. The van der Waals surface area contributed by atoms with Gasteiger partial charge < -0.3 is 10.1 Å². The molecule has 2 rings (SSSR count). The van der Waals surface area contributed by atoms with Gasteiger partial charge in [0.15, 0.2) is 0 Å². The van der Waals surface area contributed by atoms with Crippen molar-refractivity contribution in [3.63, 3.8) is 0 Å². The molecule has 0 saturated carbocycles. The number of nitrogens with one attached hydrogen (secondary N) is 1. The third-order valence-electron chi connectivity index (χ3n) is 2.87. The van der Waals surface area contributed by atoms with Gasteiger partial charge in [-0.2, -0.15) is 0 Å². The summed E-state index contributed by atoms with van der Waals surface area (Å²) in [6.45, 7) is 1.83. The van der Waals surface area contributed by atoms with E-state index in [2.05, 4.69) is 5.32 Å². The average Bonchev–Trinajstić information content (AvgIpc) is 2.47. The molecule has 0 unspecified atom stereocenters. The first kappa shape index (κ1) is 13.1. The molecule has 0 aromatic heterocycles. The molecule has 98 valence electrons. The van der Waals surface area contributed by atoms with Crippen LogP contribution < -0.4 is 10.1 Å². The Kier molecular flexibility index (Phi) is 4.18. The monoisotopic (exact) mass is 255 g/mol. The van der Waals surface area contributed by atoms with Gasteiger partial charge in [-0.3, -0.25) is 4.79 Å². The molecular weight excluding hydrogens is 238 g/mol. The van der Waals surface area contributed by atoms with Crippen molar-refractivity contribution in [2.75, 3.05) is 12.4 Å². The molecule has 2 aromatic rings. The highest BCUT2D eigenvalue weighted by Gasteiger charge is 2.03. The zero-order chi connectivity index (χ0) is 13.7. The maximum Gasteiger partial charge on any atom is 0.224 e. The largest absolute Gasteiger partial charge is 0.497 e. The standard InChI is InChI=1S/C16H17NO2/c1-3-16(18)17-14-8-4-6-12(10-14)13-7-5-9-15(11-13)19-2/h4-11H,3H2,1-2H3,(H,17,18). The van der Waals surface area contributed by atoms with Crippen molar-refractivity contribution in [2.45, 2.75) is 13.3 Å². The van der Waals surface area contributed by atoms with E-state index in [0.29, 0.717) is 6.42 Å². The van der Waals surface area contributed by atoms with Crippen LogP contribution in [-0.2, 0) is 4.79 Å². The van der Waals surface area contributed by atoms with Gasteiger partial charge >= 0.3 is 0 Å². The third kappa shape index (κ3) is 3.35. The molecule has 3 heteroatoms. The summed E-state index contributed by atoms with van der Waals surface area (Å²) in [5.41, 5.74) is 2.92. The van der Waals surface area contributed by atoms with Gasteiger partial charge in [0.1, 0.15) is 5.75 Å². The highest BCUT2D eigenvalue weighted by molar-refractivity contribution is 5.91. The maximum atomic E-state index is 11.4. The first-order valence-electron chi connectivity index (χ1n) is 6.27. The lowest BCUT2D eigenvalue weighted by molar-refractivity contribution is -0.115. The quantitative estimate of drug-likeness (QED) is 0.904. The molecule has 0 fully saturated rings. The molecule has 2 aromatic carbocycles. The first-order chi connectivity index (χ1) is 9.22. The fraction of sp³-hybridized carbons (Fsp3) is 0.188. The highest BCUT2D eigenvalue weighted by Crippen LogP contribution is 2.25. The Balaban J connectivity index is 2.29. The van der Waals surface area contributed by atoms with E-state index in [-0.39, 0.29) is 5.91 Å². The summed E-state index contributed by atoms with van der Waals surface area (Å²) in [6.07, 6.45) is 0.476. The van der Waals surface area contributed by atoms with E-state index in [1.807, 2.05) is 55.5 Å². The Morgan fingerprint density at radius 2 is 1.79 bits per heavy atom. The van der Waals surface area contributed by atoms with Crippen LogP contribution in [0, 0.1) is 0 Å². The lowest BCUT2D eigenvalue weighted by Gasteiger charge is -2.08. The van der Waals surface area contributed by atoms with Crippen LogP contribution in [0.25, 0.3) is 11.1 Å². The van der Waals surface area contributed by atoms with Crippen LogP contribution in [0.4, 0.5) is 5.69 Å². The number of hydrogen-bond acceptors (Lipinski definition) is 2. The van der Waals surface area contributed by atoms with Gasteiger partial charge in [0.05, 0.1) is 7.11 Å². The summed E-state index contributed by atoms with van der Waals surface area (Å²) >= 11 is 0. The van der Waals surface area contributed by atoms with Gasteiger partial charge in [-0.15, -0.1) is 0 Å². The Hall–Kier alpha value is -2.29. The number of carbonyl (C=O) groups is 1. The fourth-order valence-electron chi connectivity index (χ4n) is 1.83. The molecule has 19 heavy (non-hydrogen) atoms. The normalized spacial score (nSPS) is 10.0. The number of hydrogen-bond donors (Lipinski definition) is 1. The minimum Gasteiger partial charge on any atom is -0.497 e. The van der Waals surface area contributed by atoms with Crippen LogP contribution in [-0.4, -0.2) is 13.0 Å². The molecule has 0 heterocycles. The predicted octanol–water partition coefficient (Wildman–Crippen LogP) is 3.71. The summed E-state index contributed by atoms with van der Waals surface area (Å²) in [6, 6.07) is 15.6. The van der Waals surface area contributed by atoms with Gasteiger partial charge in [0.2, 0.25) is 5.91 Å². The number of rotatable bonds is 4. The molecule has 0 bridgehead atoms. The van der Waals surface area contributed by atoms with Crippen molar-refractivity contribution < 1.29 is 9.53 Å². The van der Waals surface area contributed by atoms with Gasteiger partial charge in [-0.05, 0) is 35.4 Å². The first-order valence-corrected chi connectivity index (χ1v) is 6.27. The molecule has 0 spiro atoms. The van der Waals surface area contributed by atoms with Crippen LogP contribution in [0.15, 0.2) is 48.5 Å². The van der Waals surface area contributed by atoms with Gasteiger partial charge in [0, 0.05) is 12.1 Å². The van der Waals surface area contributed by atoms with E-state index in [1.54, 1.807) is 7.11 Å². The number of methoxy groups -OCH3 is 1. The summed E-state index contributed by atoms with van der Waals surface area (Å²) in [5.74, 6) is 0.836. The Labute approximate surface area is 113 Å². The number of amides is 1. The summed E-state index contributed by atoms with van der Waals surface area (Å²) in [4.78, 5) is 11.4. The summed E-state index contributed by atoms with van der Waals surface area (Å²) < 4.78 is 5.22. The zero-order valence-corrected chi connectivity index (χ0v) is 11.1. The molecule has 1 amide bonds. The van der Waals surface area contributed by atoms with Crippen LogP contribution in [0.5, 0.6) is 5.75 Å². The molecule has 1 N–H and O–H groups in total. The molecule has 0 atom stereocenters. The second-order valence-corrected chi connectivity index (χ2v) is 4.21. The molecule has 0 aliphatic carbocycles. The van der Waals surface area contributed by atoms with E-state index in [0.717, 1.165) is 22.6 Å². The van der Waals surface area contributed by atoms with Crippen LogP contribution in [0.3, 0.4) is 0 Å². The van der Waals surface area contributed by atoms with Crippen molar-refractivity contribution in [2.24, 2.45) is 0 Å². The Bertz CT molecular complexity index is 578. The van der Waals surface area contributed by atoms with E-state index in [4.69, 9.17) is 4.74 Å². The number of carbonyl (C=O) groups excluding carboxylic acids is 1. The minimum atomic E-state index is 0.0165. The average molecular weight is 255 g/mol. The molecular formula is C16H17NO2. The zero-order valence-electron chi connectivity index (χ0n) is 11.1. The number of anilines is 1. The van der Waals surface area contributed by atoms with E-state index < -0.39 is 0 Å². The SMILES string of the molecule is CCC(=O)Nc1cccc(-c2cccc(OC)c2)c1. The van der Waals surface area contributed by atoms with Crippen LogP contribution in [0.1, 0.15) is 13.3 Å². The molecule has 3 nitrogen and oxygen atoms in total. The van der Waals surface area contributed by atoms with E-state index in [1.165, 1.54) is 0 Å². The fourth-order valence-corrected chi connectivity index (χ4v) is 1.83. The second kappa shape index (κ2) is 6.05. The minimum absolute atomic E-state index is 0.0165. The highest BCUT2D eigenvalue weighted by atomic mass is 16.5. The topological polar surface area (TPSA) is 38.3 Å². The smallest absolute Gasteiger partial charge is 0.224 e. The van der Waals surface area contributed by atoms with Gasteiger partial charge in [0.25, 0.3) is 0 Å².